The van der Waals surface area contributed by atoms with E-state index in [0.717, 1.165) is 16.6 Å². The van der Waals surface area contributed by atoms with E-state index in [2.05, 4.69) is 26.0 Å². The maximum Gasteiger partial charge on any atom is 0.318 e. The average molecular weight is 328 g/mol. The molecule has 0 aliphatic rings. The van der Waals surface area contributed by atoms with Crippen molar-refractivity contribution in [2.45, 2.75) is 6.61 Å². The number of hydrogen-bond acceptors (Lipinski definition) is 6. The maximum absolute atomic E-state index is 9.38. The fourth-order valence-electron chi connectivity index (χ4n) is 2.44. The topological polar surface area (TPSA) is 89.5 Å². The molecule has 0 saturated heterocycles. The van der Waals surface area contributed by atoms with Gasteiger partial charge in [-0.15, -0.1) is 0 Å². The molecule has 0 N–H and O–H groups in total. The molecule has 3 aromatic heterocycles. The highest BCUT2D eigenvalue weighted by Gasteiger charge is 2.13. The van der Waals surface area contributed by atoms with Crippen LogP contribution >= 0.6 is 0 Å². The molecule has 0 atom stereocenters. The minimum absolute atomic E-state index is 0.198. The van der Waals surface area contributed by atoms with E-state index in [-0.39, 0.29) is 6.01 Å². The average Bonchev–Trinajstić information content (AvgIpc) is 3.11. The summed E-state index contributed by atoms with van der Waals surface area (Å²) in [7, 11) is 0. The predicted molar refractivity (Wildman–Crippen MR) is 89.9 cm³/mol. The summed E-state index contributed by atoms with van der Waals surface area (Å²) in [6.07, 6.45) is 6.49. The van der Waals surface area contributed by atoms with Crippen LogP contribution in [0.5, 0.6) is 6.01 Å². The molecule has 0 radical (unpaired) electrons. The van der Waals surface area contributed by atoms with Gasteiger partial charge in [0.1, 0.15) is 24.6 Å². The second-order valence-corrected chi connectivity index (χ2v) is 5.25. The lowest BCUT2D eigenvalue weighted by Gasteiger charge is -2.08. The van der Waals surface area contributed by atoms with Gasteiger partial charge >= 0.3 is 6.01 Å². The standard InChI is InChI=1S/C18H12N6O/c19-9-14-10-21-18(25-11-13-5-7-20-8-6-13)23-17(14)24-12-22-15-3-1-2-4-16(15)24/h1-8,10,12H,11H2. The van der Waals surface area contributed by atoms with Crippen molar-refractivity contribution < 1.29 is 4.74 Å². The number of benzene rings is 1. The van der Waals surface area contributed by atoms with Crippen molar-refractivity contribution >= 4 is 11.0 Å². The zero-order valence-corrected chi connectivity index (χ0v) is 13.1. The number of nitriles is 1. The number of para-hydroxylation sites is 2. The molecule has 0 fully saturated rings. The highest BCUT2D eigenvalue weighted by atomic mass is 16.5. The Morgan fingerprint density at radius 1 is 1.08 bits per heavy atom. The normalized spacial score (nSPS) is 10.5. The van der Waals surface area contributed by atoms with E-state index in [4.69, 9.17) is 4.74 Å². The van der Waals surface area contributed by atoms with Crippen molar-refractivity contribution in [1.82, 2.24) is 24.5 Å². The third-order valence-corrected chi connectivity index (χ3v) is 3.67. The van der Waals surface area contributed by atoms with E-state index in [1.807, 2.05) is 36.4 Å². The number of pyridine rings is 1. The summed E-state index contributed by atoms with van der Waals surface area (Å²) in [5.41, 5.74) is 2.99. The van der Waals surface area contributed by atoms with Crippen LogP contribution in [0.1, 0.15) is 11.1 Å². The van der Waals surface area contributed by atoms with Gasteiger partial charge in [-0.05, 0) is 29.8 Å². The molecule has 4 aromatic rings. The first kappa shape index (κ1) is 14.8. The predicted octanol–water partition coefficient (Wildman–Crippen LogP) is 2.66. The fraction of sp³-hybridized carbons (Fsp3) is 0.0556. The summed E-state index contributed by atoms with van der Waals surface area (Å²) < 4.78 is 7.41. The van der Waals surface area contributed by atoms with Crippen LogP contribution in [0.25, 0.3) is 16.9 Å². The first-order chi connectivity index (χ1) is 12.3. The van der Waals surface area contributed by atoms with Gasteiger partial charge in [0.05, 0.1) is 17.2 Å². The summed E-state index contributed by atoms with van der Waals surface area (Å²) in [5, 5.41) is 9.38. The Morgan fingerprint density at radius 2 is 1.92 bits per heavy atom. The van der Waals surface area contributed by atoms with Crippen LogP contribution in [-0.4, -0.2) is 24.5 Å². The van der Waals surface area contributed by atoms with E-state index in [9.17, 15) is 5.26 Å². The van der Waals surface area contributed by atoms with Crippen molar-refractivity contribution in [3.8, 4) is 17.9 Å². The Morgan fingerprint density at radius 3 is 2.76 bits per heavy atom. The highest BCUT2D eigenvalue weighted by molar-refractivity contribution is 5.77. The first-order valence-corrected chi connectivity index (χ1v) is 7.56. The first-order valence-electron chi connectivity index (χ1n) is 7.56. The summed E-state index contributed by atoms with van der Waals surface area (Å²) in [6, 6.07) is 13.7. The summed E-state index contributed by atoms with van der Waals surface area (Å²) >= 11 is 0. The van der Waals surface area contributed by atoms with E-state index < -0.39 is 0 Å². The Bertz CT molecular complexity index is 1070. The second-order valence-electron chi connectivity index (χ2n) is 5.25. The van der Waals surface area contributed by atoms with Crippen LogP contribution in [0.15, 0.2) is 61.3 Å². The maximum atomic E-state index is 9.38. The third-order valence-electron chi connectivity index (χ3n) is 3.67. The van der Waals surface area contributed by atoms with E-state index in [1.54, 1.807) is 23.3 Å². The smallest absolute Gasteiger partial charge is 0.318 e. The fourth-order valence-corrected chi connectivity index (χ4v) is 2.44. The lowest BCUT2D eigenvalue weighted by molar-refractivity contribution is 0.280. The van der Waals surface area contributed by atoms with Gasteiger partial charge < -0.3 is 4.74 Å². The summed E-state index contributed by atoms with van der Waals surface area (Å²) in [4.78, 5) is 16.8. The van der Waals surface area contributed by atoms with Crippen molar-refractivity contribution in [2.24, 2.45) is 0 Å². The van der Waals surface area contributed by atoms with Crippen molar-refractivity contribution in [3.63, 3.8) is 0 Å². The van der Waals surface area contributed by atoms with Crippen molar-refractivity contribution in [1.29, 1.82) is 5.26 Å². The van der Waals surface area contributed by atoms with Crippen LogP contribution in [0.2, 0.25) is 0 Å². The Labute approximate surface area is 143 Å². The van der Waals surface area contributed by atoms with Crippen LogP contribution < -0.4 is 4.74 Å². The molecule has 0 saturated carbocycles. The number of imidazole rings is 1. The molecular weight excluding hydrogens is 316 g/mol. The van der Waals surface area contributed by atoms with Gasteiger partial charge in [-0.1, -0.05) is 12.1 Å². The zero-order valence-electron chi connectivity index (χ0n) is 13.1. The highest BCUT2D eigenvalue weighted by Crippen LogP contribution is 2.20. The molecule has 0 bridgehead atoms. The molecule has 0 unspecified atom stereocenters. The molecule has 7 nitrogen and oxygen atoms in total. The monoisotopic (exact) mass is 328 g/mol. The van der Waals surface area contributed by atoms with Crippen LogP contribution in [0.4, 0.5) is 0 Å². The molecule has 0 amide bonds. The SMILES string of the molecule is N#Cc1cnc(OCc2ccncc2)nc1-n1cnc2ccccc21. The number of ether oxygens (including phenoxy) is 1. The summed E-state index contributed by atoms with van der Waals surface area (Å²) in [6.45, 7) is 0.318. The number of nitrogens with zero attached hydrogens (tertiary/aromatic N) is 6. The van der Waals surface area contributed by atoms with Crippen LogP contribution in [0, 0.1) is 11.3 Å². The molecule has 0 aliphatic heterocycles. The molecular formula is C18H12N6O. The Hall–Kier alpha value is -3.79. The molecule has 25 heavy (non-hydrogen) atoms. The largest absolute Gasteiger partial charge is 0.459 e. The van der Waals surface area contributed by atoms with Gasteiger partial charge in [0, 0.05) is 12.4 Å². The lowest BCUT2D eigenvalue weighted by atomic mass is 10.3. The molecule has 0 spiro atoms. The molecule has 4 rings (SSSR count). The minimum atomic E-state index is 0.198. The van der Waals surface area contributed by atoms with E-state index in [1.165, 1.54) is 6.20 Å². The molecule has 3 heterocycles. The van der Waals surface area contributed by atoms with Crippen molar-refractivity contribution in [2.75, 3.05) is 0 Å². The van der Waals surface area contributed by atoms with Gasteiger partial charge in [0.25, 0.3) is 0 Å². The van der Waals surface area contributed by atoms with Crippen molar-refractivity contribution in [3.05, 3.63) is 72.4 Å². The van der Waals surface area contributed by atoms with Gasteiger partial charge in [-0.3, -0.25) is 9.55 Å². The van der Waals surface area contributed by atoms with E-state index in [0.29, 0.717) is 18.0 Å². The van der Waals surface area contributed by atoms with E-state index >= 15 is 0 Å². The quantitative estimate of drug-likeness (QED) is 0.572. The van der Waals surface area contributed by atoms with Crippen LogP contribution in [-0.2, 0) is 6.61 Å². The number of rotatable bonds is 4. The van der Waals surface area contributed by atoms with Gasteiger partial charge in [0.2, 0.25) is 0 Å². The van der Waals surface area contributed by atoms with Gasteiger partial charge in [0.15, 0.2) is 5.82 Å². The Balaban J connectivity index is 1.71. The lowest BCUT2D eigenvalue weighted by Crippen LogP contribution is -2.05. The second kappa shape index (κ2) is 6.37. The van der Waals surface area contributed by atoms with Gasteiger partial charge in [-0.25, -0.2) is 9.97 Å². The molecule has 1 aromatic carbocycles. The number of fused-ring (bicyclic) bond motifs is 1. The molecule has 120 valence electrons. The number of hydrogen-bond donors (Lipinski definition) is 0. The number of aromatic nitrogens is 5. The molecule has 7 heteroatoms. The minimum Gasteiger partial charge on any atom is -0.459 e. The Kier molecular flexibility index (Phi) is 3.77. The summed E-state index contributed by atoms with van der Waals surface area (Å²) in [5.74, 6) is 0.441. The zero-order chi connectivity index (χ0) is 17.1. The van der Waals surface area contributed by atoms with Crippen LogP contribution in [0.3, 0.4) is 0 Å². The van der Waals surface area contributed by atoms with Gasteiger partial charge in [-0.2, -0.15) is 10.2 Å². The molecule has 0 aliphatic carbocycles. The third kappa shape index (κ3) is 2.88.